The molecule has 3 aromatic rings. The maximum Gasteiger partial charge on any atom is 0.340 e. The number of nitrogens with zero attached hydrogens (tertiary/aromatic N) is 2. The van der Waals surface area contributed by atoms with Crippen LogP contribution in [0.4, 0.5) is 5.69 Å². The van der Waals surface area contributed by atoms with E-state index in [0.717, 1.165) is 16.6 Å². The molecule has 0 spiro atoms. The van der Waals surface area contributed by atoms with Crippen molar-refractivity contribution in [3.05, 3.63) is 79.3 Å². The number of non-ortho nitro benzene ring substituents is 1. The smallest absolute Gasteiger partial charge is 0.340 e. The Morgan fingerprint density at radius 1 is 1.19 bits per heavy atom. The molecular weight excluding hydrogens is 399 g/mol. The van der Waals surface area contributed by atoms with Crippen LogP contribution in [0.3, 0.4) is 0 Å². The maximum atomic E-state index is 12.1. The fourth-order valence-corrected chi connectivity index (χ4v) is 3.51. The molecule has 0 fully saturated rings. The summed E-state index contributed by atoms with van der Waals surface area (Å²) in [5.41, 5.74) is 1.22. The van der Waals surface area contributed by atoms with Crippen LogP contribution in [-0.2, 0) is 11.3 Å². The molecule has 0 unspecified atom stereocenters. The SMILES string of the molecule is O=C(OCc1csc(-c2ccccc2Cl)n1)c1ccc([N+](=O)[O-])cc1Cl. The summed E-state index contributed by atoms with van der Waals surface area (Å²) in [6, 6.07) is 10.9. The van der Waals surface area contributed by atoms with Crippen molar-refractivity contribution in [1.29, 1.82) is 0 Å². The summed E-state index contributed by atoms with van der Waals surface area (Å²) in [5.74, 6) is -0.683. The number of carbonyl (C=O) groups excluding carboxylic acids is 1. The van der Waals surface area contributed by atoms with Gasteiger partial charge in [-0.2, -0.15) is 0 Å². The lowest BCUT2D eigenvalue weighted by atomic mass is 10.2. The van der Waals surface area contributed by atoms with E-state index in [1.807, 2.05) is 18.2 Å². The van der Waals surface area contributed by atoms with E-state index in [-0.39, 0.29) is 22.9 Å². The van der Waals surface area contributed by atoms with Crippen molar-refractivity contribution in [2.45, 2.75) is 6.61 Å². The Bertz CT molecular complexity index is 990. The number of hydrogen-bond acceptors (Lipinski definition) is 6. The van der Waals surface area contributed by atoms with Gasteiger partial charge in [0.15, 0.2) is 0 Å². The second kappa shape index (κ2) is 7.82. The lowest BCUT2D eigenvalue weighted by Crippen LogP contribution is -2.06. The lowest BCUT2D eigenvalue weighted by molar-refractivity contribution is -0.384. The van der Waals surface area contributed by atoms with Crippen molar-refractivity contribution in [2.24, 2.45) is 0 Å². The first-order chi connectivity index (χ1) is 12.5. The van der Waals surface area contributed by atoms with Gasteiger partial charge in [0.25, 0.3) is 5.69 Å². The number of nitro groups is 1. The first-order valence-electron chi connectivity index (χ1n) is 7.26. The van der Waals surface area contributed by atoms with Gasteiger partial charge in [-0.25, -0.2) is 9.78 Å². The predicted octanol–water partition coefficient (Wildman–Crippen LogP) is 5.38. The van der Waals surface area contributed by atoms with Crippen molar-refractivity contribution in [3.63, 3.8) is 0 Å². The van der Waals surface area contributed by atoms with Crippen LogP contribution >= 0.6 is 34.5 Å². The molecule has 9 heteroatoms. The number of esters is 1. The average molecular weight is 409 g/mol. The Kier molecular flexibility index (Phi) is 5.51. The second-order valence-electron chi connectivity index (χ2n) is 5.12. The molecule has 0 saturated carbocycles. The minimum atomic E-state index is -0.683. The Morgan fingerprint density at radius 3 is 2.65 bits per heavy atom. The van der Waals surface area contributed by atoms with Crippen molar-refractivity contribution in [1.82, 2.24) is 4.98 Å². The van der Waals surface area contributed by atoms with Gasteiger partial charge < -0.3 is 4.74 Å². The molecule has 0 N–H and O–H groups in total. The van der Waals surface area contributed by atoms with Crippen molar-refractivity contribution in [3.8, 4) is 10.6 Å². The van der Waals surface area contributed by atoms with Crippen molar-refractivity contribution >= 4 is 46.2 Å². The molecule has 0 aliphatic carbocycles. The Balaban J connectivity index is 1.69. The first kappa shape index (κ1) is 18.3. The third-order valence-electron chi connectivity index (χ3n) is 3.39. The van der Waals surface area contributed by atoms with Crippen LogP contribution in [0, 0.1) is 10.1 Å². The van der Waals surface area contributed by atoms with Crippen LogP contribution in [0.5, 0.6) is 0 Å². The highest BCUT2D eigenvalue weighted by Gasteiger charge is 2.17. The summed E-state index contributed by atoms with van der Waals surface area (Å²) in [6.07, 6.45) is 0. The zero-order valence-corrected chi connectivity index (χ0v) is 15.3. The fraction of sp³-hybridized carbons (Fsp3) is 0.0588. The maximum absolute atomic E-state index is 12.1. The average Bonchev–Trinajstić information content (AvgIpc) is 3.08. The number of nitro benzene ring substituents is 1. The third kappa shape index (κ3) is 4.01. The molecule has 0 aliphatic heterocycles. The number of thiazole rings is 1. The van der Waals surface area contributed by atoms with Gasteiger partial charge in [0, 0.05) is 23.1 Å². The highest BCUT2D eigenvalue weighted by Crippen LogP contribution is 2.30. The molecule has 3 rings (SSSR count). The Morgan fingerprint density at radius 2 is 1.96 bits per heavy atom. The van der Waals surface area contributed by atoms with Crippen LogP contribution in [0.15, 0.2) is 47.8 Å². The number of carbonyl (C=O) groups is 1. The van der Waals surface area contributed by atoms with Crippen LogP contribution in [0.25, 0.3) is 10.6 Å². The van der Waals surface area contributed by atoms with E-state index in [0.29, 0.717) is 10.7 Å². The van der Waals surface area contributed by atoms with Crippen molar-refractivity contribution < 1.29 is 14.5 Å². The Labute approximate surface area is 162 Å². The standard InChI is InChI=1S/C17H10Cl2N2O4S/c18-14-4-2-1-3-12(14)16-20-10(9-26-16)8-25-17(22)13-6-5-11(21(23)24)7-15(13)19/h1-7,9H,8H2. The number of hydrogen-bond donors (Lipinski definition) is 0. The number of halogens is 2. The largest absolute Gasteiger partial charge is 0.456 e. The van der Waals surface area contributed by atoms with E-state index in [1.165, 1.54) is 23.5 Å². The van der Waals surface area contributed by atoms with Crippen LogP contribution in [0.1, 0.15) is 16.1 Å². The summed E-state index contributed by atoms with van der Waals surface area (Å²) in [6.45, 7) is -0.0485. The van der Waals surface area contributed by atoms with Gasteiger partial charge in [0.2, 0.25) is 0 Å². The summed E-state index contributed by atoms with van der Waals surface area (Å²) in [7, 11) is 0. The third-order valence-corrected chi connectivity index (χ3v) is 4.96. The van der Waals surface area contributed by atoms with E-state index >= 15 is 0 Å². The molecule has 0 amide bonds. The number of rotatable bonds is 5. The van der Waals surface area contributed by atoms with E-state index < -0.39 is 10.9 Å². The highest BCUT2D eigenvalue weighted by molar-refractivity contribution is 7.13. The molecular formula is C17H10Cl2N2O4S. The summed E-state index contributed by atoms with van der Waals surface area (Å²) in [4.78, 5) is 26.6. The summed E-state index contributed by atoms with van der Waals surface area (Å²) in [5, 5.41) is 13.7. The minimum Gasteiger partial charge on any atom is -0.456 e. The molecule has 1 heterocycles. The molecule has 26 heavy (non-hydrogen) atoms. The molecule has 0 saturated heterocycles. The molecule has 0 atom stereocenters. The molecule has 0 bridgehead atoms. The quantitative estimate of drug-likeness (QED) is 0.321. The van der Waals surface area contributed by atoms with Gasteiger partial charge >= 0.3 is 5.97 Å². The van der Waals surface area contributed by atoms with Gasteiger partial charge in [-0.1, -0.05) is 41.4 Å². The van der Waals surface area contributed by atoms with Crippen LogP contribution < -0.4 is 0 Å². The number of ether oxygens (including phenoxy) is 1. The number of aromatic nitrogens is 1. The zero-order valence-electron chi connectivity index (χ0n) is 13.0. The molecule has 6 nitrogen and oxygen atoms in total. The minimum absolute atomic E-state index is 0.0424. The van der Waals surface area contributed by atoms with Crippen LogP contribution in [-0.4, -0.2) is 15.9 Å². The van der Waals surface area contributed by atoms with Gasteiger partial charge in [-0.05, 0) is 12.1 Å². The van der Waals surface area contributed by atoms with Crippen molar-refractivity contribution in [2.75, 3.05) is 0 Å². The van der Waals surface area contributed by atoms with E-state index in [9.17, 15) is 14.9 Å². The molecule has 0 radical (unpaired) electrons. The monoisotopic (exact) mass is 408 g/mol. The van der Waals surface area contributed by atoms with Gasteiger partial charge in [-0.3, -0.25) is 10.1 Å². The van der Waals surface area contributed by atoms with Gasteiger partial charge in [0.1, 0.15) is 11.6 Å². The van der Waals surface area contributed by atoms with E-state index in [2.05, 4.69) is 4.98 Å². The fourth-order valence-electron chi connectivity index (χ4n) is 2.13. The predicted molar refractivity (Wildman–Crippen MR) is 99.8 cm³/mol. The highest BCUT2D eigenvalue weighted by atomic mass is 35.5. The molecule has 1 aromatic heterocycles. The van der Waals surface area contributed by atoms with E-state index in [1.54, 1.807) is 11.4 Å². The number of benzene rings is 2. The molecule has 132 valence electrons. The van der Waals surface area contributed by atoms with Gasteiger partial charge in [-0.15, -0.1) is 11.3 Å². The van der Waals surface area contributed by atoms with E-state index in [4.69, 9.17) is 27.9 Å². The normalized spacial score (nSPS) is 10.5. The Hall–Kier alpha value is -2.48. The molecule has 0 aliphatic rings. The summed E-state index contributed by atoms with van der Waals surface area (Å²) >= 11 is 13.4. The first-order valence-corrected chi connectivity index (χ1v) is 8.89. The summed E-state index contributed by atoms with van der Waals surface area (Å²) < 4.78 is 5.19. The van der Waals surface area contributed by atoms with Gasteiger partial charge in [0.05, 0.1) is 26.2 Å². The lowest BCUT2D eigenvalue weighted by Gasteiger charge is -2.05. The zero-order chi connectivity index (χ0) is 18.7. The molecule has 2 aromatic carbocycles. The van der Waals surface area contributed by atoms with Crippen LogP contribution in [0.2, 0.25) is 10.0 Å². The second-order valence-corrected chi connectivity index (χ2v) is 6.79. The topological polar surface area (TPSA) is 82.3 Å².